The van der Waals surface area contributed by atoms with Crippen molar-refractivity contribution in [2.24, 2.45) is 5.92 Å². The van der Waals surface area contributed by atoms with Gasteiger partial charge in [0.15, 0.2) is 0 Å². The molecule has 4 heteroatoms. The number of nitrogens with zero attached hydrogens (tertiary/aromatic N) is 3. The van der Waals surface area contributed by atoms with E-state index in [2.05, 4.69) is 45.9 Å². The lowest BCUT2D eigenvalue weighted by Gasteiger charge is -2.35. The van der Waals surface area contributed by atoms with Crippen LogP contribution in [0, 0.1) is 5.92 Å². The summed E-state index contributed by atoms with van der Waals surface area (Å²) in [6, 6.07) is 2.71. The predicted octanol–water partition coefficient (Wildman–Crippen LogP) is 4.52. The number of rotatable bonds is 4. The fourth-order valence-electron chi connectivity index (χ4n) is 3.26. The van der Waals surface area contributed by atoms with Gasteiger partial charge in [0.25, 0.3) is 0 Å². The van der Waals surface area contributed by atoms with E-state index in [1.54, 1.807) is 0 Å². The Bertz CT molecular complexity index is 465. The van der Waals surface area contributed by atoms with E-state index >= 15 is 0 Å². The van der Waals surface area contributed by atoms with E-state index in [0.717, 1.165) is 22.2 Å². The van der Waals surface area contributed by atoms with Crippen LogP contribution < -0.4 is 4.90 Å². The van der Waals surface area contributed by atoms with E-state index in [1.165, 1.54) is 44.9 Å². The van der Waals surface area contributed by atoms with Crippen LogP contribution in [-0.4, -0.2) is 23.1 Å². The molecule has 0 N–H and O–H groups in total. The van der Waals surface area contributed by atoms with Gasteiger partial charge in [-0.3, -0.25) is 0 Å². The van der Waals surface area contributed by atoms with Crippen molar-refractivity contribution < 1.29 is 0 Å². The van der Waals surface area contributed by atoms with E-state index in [9.17, 15) is 0 Å². The van der Waals surface area contributed by atoms with Gasteiger partial charge in [-0.05, 0) is 60.4 Å². The second kappa shape index (κ2) is 6.00. The number of halogens is 1. The number of hydrogen-bond donors (Lipinski definition) is 0. The van der Waals surface area contributed by atoms with Gasteiger partial charge < -0.3 is 4.90 Å². The zero-order valence-electron chi connectivity index (χ0n) is 12.5. The maximum absolute atomic E-state index is 4.79. The minimum Gasteiger partial charge on any atom is -0.357 e. The average Bonchev–Trinajstić information content (AvgIpc) is 3.30. The highest BCUT2D eigenvalue weighted by Gasteiger charge is 2.29. The van der Waals surface area contributed by atoms with E-state index in [4.69, 9.17) is 4.98 Å². The molecule has 1 heterocycles. The molecule has 2 fully saturated rings. The second-order valence-electron chi connectivity index (χ2n) is 6.38. The summed E-state index contributed by atoms with van der Waals surface area (Å²) in [5.74, 6) is 3.67. The predicted molar refractivity (Wildman–Crippen MR) is 86.1 cm³/mol. The van der Waals surface area contributed by atoms with Crippen LogP contribution in [0.2, 0.25) is 0 Å². The van der Waals surface area contributed by atoms with Gasteiger partial charge in [-0.25, -0.2) is 9.97 Å². The molecule has 20 heavy (non-hydrogen) atoms. The van der Waals surface area contributed by atoms with Crippen LogP contribution in [0.1, 0.15) is 63.6 Å². The third-order valence-corrected chi connectivity index (χ3v) is 5.35. The van der Waals surface area contributed by atoms with Crippen LogP contribution in [0.3, 0.4) is 0 Å². The molecule has 0 amide bonds. The van der Waals surface area contributed by atoms with Gasteiger partial charge in [-0.1, -0.05) is 13.3 Å². The number of hydrogen-bond acceptors (Lipinski definition) is 3. The number of anilines is 1. The summed E-state index contributed by atoms with van der Waals surface area (Å²) < 4.78 is 0.929. The Morgan fingerprint density at radius 1 is 1.15 bits per heavy atom. The van der Waals surface area contributed by atoms with Gasteiger partial charge in [0.2, 0.25) is 0 Å². The molecule has 2 aliphatic rings. The Balaban J connectivity index is 1.71. The quantitative estimate of drug-likeness (QED) is 0.756. The van der Waals surface area contributed by atoms with E-state index < -0.39 is 0 Å². The third kappa shape index (κ3) is 3.16. The first kappa shape index (κ1) is 14.3. The van der Waals surface area contributed by atoms with Gasteiger partial charge in [0, 0.05) is 25.1 Å². The van der Waals surface area contributed by atoms with Crippen molar-refractivity contribution in [3.05, 3.63) is 16.5 Å². The molecule has 0 saturated heterocycles. The largest absolute Gasteiger partial charge is 0.357 e. The van der Waals surface area contributed by atoms with Crippen molar-refractivity contribution in [3.63, 3.8) is 0 Å². The van der Waals surface area contributed by atoms with Crippen LogP contribution in [-0.2, 0) is 0 Å². The second-order valence-corrected chi connectivity index (χ2v) is 7.19. The molecule has 1 aromatic rings. The van der Waals surface area contributed by atoms with Crippen LogP contribution in [0.5, 0.6) is 0 Å². The molecule has 1 aromatic heterocycles. The molecule has 0 bridgehead atoms. The summed E-state index contributed by atoms with van der Waals surface area (Å²) in [6.07, 6.45) is 9.18. The molecule has 0 aliphatic heterocycles. The Kier molecular flexibility index (Phi) is 4.29. The van der Waals surface area contributed by atoms with Crippen molar-refractivity contribution >= 4 is 21.7 Å². The summed E-state index contributed by atoms with van der Waals surface area (Å²) >= 11 is 3.54. The summed E-state index contributed by atoms with van der Waals surface area (Å²) in [5, 5.41) is 0. The van der Waals surface area contributed by atoms with Gasteiger partial charge >= 0.3 is 0 Å². The average molecular weight is 338 g/mol. The highest BCUT2D eigenvalue weighted by atomic mass is 79.9. The molecule has 0 unspecified atom stereocenters. The maximum Gasteiger partial charge on any atom is 0.135 e. The summed E-state index contributed by atoms with van der Waals surface area (Å²) in [5.41, 5.74) is 0. The van der Waals surface area contributed by atoms with Crippen LogP contribution >= 0.6 is 15.9 Å². The molecule has 0 aromatic carbocycles. The Morgan fingerprint density at radius 2 is 1.85 bits per heavy atom. The summed E-state index contributed by atoms with van der Waals surface area (Å²) in [7, 11) is 2.20. The zero-order valence-corrected chi connectivity index (χ0v) is 14.1. The lowest BCUT2D eigenvalue weighted by molar-refractivity contribution is 0.313. The minimum atomic E-state index is 0.607. The SMILES string of the molecule is CCC1CCC(N(C)c2cc(Br)nc(C3CC3)n2)CC1. The Morgan fingerprint density at radius 3 is 2.45 bits per heavy atom. The lowest BCUT2D eigenvalue weighted by Crippen LogP contribution is -2.35. The molecule has 3 nitrogen and oxygen atoms in total. The molecule has 3 rings (SSSR count). The van der Waals surface area contributed by atoms with E-state index in [0.29, 0.717) is 12.0 Å². The first-order valence-electron chi connectivity index (χ1n) is 7.94. The van der Waals surface area contributed by atoms with Crippen LogP contribution in [0.15, 0.2) is 10.7 Å². The van der Waals surface area contributed by atoms with Crippen LogP contribution in [0.25, 0.3) is 0 Å². The molecule has 0 spiro atoms. The van der Waals surface area contributed by atoms with Crippen LogP contribution in [0.4, 0.5) is 5.82 Å². The zero-order chi connectivity index (χ0) is 14.1. The smallest absolute Gasteiger partial charge is 0.135 e. The first-order valence-corrected chi connectivity index (χ1v) is 8.74. The lowest BCUT2D eigenvalue weighted by atomic mass is 9.84. The first-order chi connectivity index (χ1) is 9.67. The monoisotopic (exact) mass is 337 g/mol. The molecule has 0 radical (unpaired) electrons. The van der Waals surface area contributed by atoms with E-state index in [-0.39, 0.29) is 0 Å². The van der Waals surface area contributed by atoms with Crippen molar-refractivity contribution in [3.8, 4) is 0 Å². The fourth-order valence-corrected chi connectivity index (χ4v) is 3.64. The van der Waals surface area contributed by atoms with E-state index in [1.807, 2.05) is 0 Å². The summed E-state index contributed by atoms with van der Waals surface area (Å²) in [6.45, 7) is 2.32. The maximum atomic E-state index is 4.79. The van der Waals surface area contributed by atoms with Gasteiger partial charge in [-0.2, -0.15) is 0 Å². The fraction of sp³-hybridized carbons (Fsp3) is 0.750. The molecular weight excluding hydrogens is 314 g/mol. The minimum absolute atomic E-state index is 0.607. The Hall–Kier alpha value is -0.640. The van der Waals surface area contributed by atoms with Gasteiger partial charge in [0.1, 0.15) is 16.2 Å². The third-order valence-electron chi connectivity index (χ3n) is 4.94. The topological polar surface area (TPSA) is 29.0 Å². The molecule has 0 atom stereocenters. The van der Waals surface area contributed by atoms with Gasteiger partial charge in [0.05, 0.1) is 0 Å². The van der Waals surface area contributed by atoms with Crippen molar-refractivity contribution in [1.29, 1.82) is 0 Å². The highest BCUT2D eigenvalue weighted by molar-refractivity contribution is 9.10. The number of aromatic nitrogens is 2. The molecule has 110 valence electrons. The van der Waals surface area contributed by atoms with Crippen molar-refractivity contribution in [2.45, 2.75) is 63.8 Å². The van der Waals surface area contributed by atoms with Gasteiger partial charge in [-0.15, -0.1) is 0 Å². The molecule has 2 saturated carbocycles. The normalized spacial score (nSPS) is 26.6. The summed E-state index contributed by atoms with van der Waals surface area (Å²) in [4.78, 5) is 11.7. The molecular formula is C16H24BrN3. The molecule has 2 aliphatic carbocycles. The highest BCUT2D eigenvalue weighted by Crippen LogP contribution is 2.39. The van der Waals surface area contributed by atoms with Crippen molar-refractivity contribution in [1.82, 2.24) is 9.97 Å². The Labute approximate surface area is 130 Å². The standard InChI is InChI=1S/C16H24BrN3/c1-3-11-4-8-13(9-5-11)20(2)15-10-14(17)18-16(19-15)12-6-7-12/h10-13H,3-9H2,1-2H3. The van der Waals surface area contributed by atoms with Crippen molar-refractivity contribution in [2.75, 3.05) is 11.9 Å².